The monoisotopic (exact) mass is 381 g/mol. The average molecular weight is 381 g/mol. The van der Waals surface area contributed by atoms with E-state index in [1.165, 1.54) is 30.4 Å². The Bertz CT molecular complexity index is 1200. The Labute approximate surface area is 168 Å². The Kier molecular flexibility index (Phi) is 4.37. The minimum Gasteiger partial charge on any atom is -0.357 e. The van der Waals surface area contributed by atoms with Crippen molar-refractivity contribution in [2.24, 2.45) is 0 Å². The van der Waals surface area contributed by atoms with Crippen molar-refractivity contribution in [3.63, 3.8) is 0 Å². The maximum absolute atomic E-state index is 7.22. The highest BCUT2D eigenvalue weighted by molar-refractivity contribution is 5.74. The summed E-state index contributed by atoms with van der Waals surface area (Å²) in [7, 11) is 0. The molecule has 0 bridgehead atoms. The lowest BCUT2D eigenvalue weighted by Gasteiger charge is -2.25. The van der Waals surface area contributed by atoms with Gasteiger partial charge in [0.15, 0.2) is 0 Å². The first-order chi connectivity index (χ1) is 14.3. The predicted molar refractivity (Wildman–Crippen MR) is 109 cm³/mol. The molecular weight excluding hydrogens is 362 g/mol. The number of nitrogens with one attached hydrogen (secondary N) is 1. The number of imidazole rings is 1. The zero-order chi connectivity index (χ0) is 19.6. The molecule has 0 fully saturated rings. The number of benzene rings is 1. The van der Waals surface area contributed by atoms with E-state index in [0.717, 1.165) is 23.5 Å². The molecule has 3 heterocycles. The number of aromatic amines is 1. The molecule has 0 aliphatic heterocycles. The van der Waals surface area contributed by atoms with Gasteiger partial charge in [0.05, 0.1) is 12.0 Å². The molecule has 142 valence electrons. The second kappa shape index (κ2) is 7.32. The zero-order valence-electron chi connectivity index (χ0n) is 15.8. The Morgan fingerprint density at radius 3 is 3.00 bits per heavy atom. The maximum Gasteiger partial charge on any atom is 0.323 e. The van der Waals surface area contributed by atoms with Crippen molar-refractivity contribution in [2.75, 3.05) is 0 Å². The van der Waals surface area contributed by atoms with Crippen molar-refractivity contribution in [2.45, 2.75) is 31.7 Å². The van der Waals surface area contributed by atoms with Crippen LogP contribution in [0.2, 0.25) is 0 Å². The van der Waals surface area contributed by atoms with Crippen LogP contribution in [0.4, 0.5) is 5.82 Å². The highest BCUT2D eigenvalue weighted by atomic mass is 15.4. The van der Waals surface area contributed by atoms with Gasteiger partial charge in [-0.2, -0.15) is 0 Å². The largest absolute Gasteiger partial charge is 0.357 e. The van der Waals surface area contributed by atoms with Gasteiger partial charge in [0.2, 0.25) is 0 Å². The molecule has 1 aliphatic carbocycles. The number of hydrogen-bond acceptors (Lipinski definition) is 4. The molecule has 1 aromatic carbocycles. The summed E-state index contributed by atoms with van der Waals surface area (Å²) in [6, 6.07) is 12.5. The SMILES string of the molecule is [C-]#[N+]c1n[nH]nc1-c1ccnc(-c2cn(CC3CCCc4ccccc43)cn2)c1. The zero-order valence-corrected chi connectivity index (χ0v) is 15.8. The van der Waals surface area contributed by atoms with Gasteiger partial charge in [0, 0.05) is 24.9 Å². The van der Waals surface area contributed by atoms with Crippen LogP contribution >= 0.6 is 0 Å². The number of H-pyrrole nitrogens is 1. The molecule has 1 atom stereocenters. The van der Waals surface area contributed by atoms with E-state index in [9.17, 15) is 0 Å². The van der Waals surface area contributed by atoms with Crippen LogP contribution in [0.3, 0.4) is 0 Å². The summed E-state index contributed by atoms with van der Waals surface area (Å²) >= 11 is 0. The van der Waals surface area contributed by atoms with E-state index in [-0.39, 0.29) is 5.82 Å². The van der Waals surface area contributed by atoms with E-state index in [1.54, 1.807) is 6.20 Å². The Balaban J connectivity index is 1.40. The van der Waals surface area contributed by atoms with Gasteiger partial charge in [-0.25, -0.2) is 4.98 Å². The quantitative estimate of drug-likeness (QED) is 0.532. The van der Waals surface area contributed by atoms with Crippen LogP contribution in [-0.2, 0) is 13.0 Å². The van der Waals surface area contributed by atoms with E-state index in [1.807, 2.05) is 24.7 Å². The van der Waals surface area contributed by atoms with Crippen molar-refractivity contribution < 1.29 is 0 Å². The van der Waals surface area contributed by atoms with E-state index in [4.69, 9.17) is 6.57 Å². The minimum atomic E-state index is 0.253. The molecule has 0 saturated heterocycles. The van der Waals surface area contributed by atoms with Gasteiger partial charge in [-0.05, 0) is 53.2 Å². The Morgan fingerprint density at radius 2 is 2.07 bits per heavy atom. The second-order valence-electron chi connectivity index (χ2n) is 7.28. The highest BCUT2D eigenvalue weighted by Gasteiger charge is 2.20. The molecule has 0 spiro atoms. The van der Waals surface area contributed by atoms with Gasteiger partial charge in [-0.15, -0.1) is 10.3 Å². The molecule has 3 aromatic heterocycles. The molecular formula is C22H19N7. The number of aryl methyl sites for hydroxylation is 1. The molecule has 1 aliphatic rings. The third-order valence-electron chi connectivity index (χ3n) is 5.49. The molecule has 7 heteroatoms. The molecule has 0 radical (unpaired) electrons. The molecule has 1 N–H and O–H groups in total. The molecule has 0 saturated carbocycles. The molecule has 29 heavy (non-hydrogen) atoms. The van der Waals surface area contributed by atoms with E-state index in [0.29, 0.717) is 11.6 Å². The van der Waals surface area contributed by atoms with Crippen LogP contribution < -0.4 is 0 Å². The summed E-state index contributed by atoms with van der Waals surface area (Å²) in [5.74, 6) is 0.765. The number of fused-ring (bicyclic) bond motifs is 1. The van der Waals surface area contributed by atoms with Gasteiger partial charge in [0.25, 0.3) is 0 Å². The summed E-state index contributed by atoms with van der Waals surface area (Å²) < 4.78 is 2.15. The number of hydrogen-bond donors (Lipinski definition) is 1. The van der Waals surface area contributed by atoms with Gasteiger partial charge in [-0.1, -0.05) is 30.8 Å². The normalized spacial score (nSPS) is 15.6. The predicted octanol–water partition coefficient (Wildman–Crippen LogP) is 4.40. The number of aromatic nitrogens is 6. The average Bonchev–Trinajstić information content (AvgIpc) is 3.44. The van der Waals surface area contributed by atoms with Crippen molar-refractivity contribution in [3.05, 3.63) is 77.7 Å². The first kappa shape index (κ1) is 17.3. The fraction of sp³-hybridized carbons (Fsp3) is 0.227. The van der Waals surface area contributed by atoms with Crippen molar-refractivity contribution >= 4 is 5.82 Å². The van der Waals surface area contributed by atoms with Crippen LogP contribution in [0.1, 0.15) is 29.9 Å². The van der Waals surface area contributed by atoms with Gasteiger partial charge >= 0.3 is 5.82 Å². The first-order valence-electron chi connectivity index (χ1n) is 9.66. The first-order valence-corrected chi connectivity index (χ1v) is 9.66. The summed E-state index contributed by atoms with van der Waals surface area (Å²) in [4.78, 5) is 12.4. The third-order valence-corrected chi connectivity index (χ3v) is 5.49. The topological polar surface area (TPSA) is 76.6 Å². The van der Waals surface area contributed by atoms with Crippen LogP contribution in [0.5, 0.6) is 0 Å². The van der Waals surface area contributed by atoms with Crippen LogP contribution in [0.25, 0.3) is 27.5 Å². The van der Waals surface area contributed by atoms with Crippen molar-refractivity contribution in [1.29, 1.82) is 0 Å². The Hall–Kier alpha value is -3.79. The van der Waals surface area contributed by atoms with E-state index >= 15 is 0 Å². The summed E-state index contributed by atoms with van der Waals surface area (Å²) in [5.41, 5.74) is 5.83. The number of rotatable bonds is 4. The second-order valence-corrected chi connectivity index (χ2v) is 7.28. The van der Waals surface area contributed by atoms with Crippen LogP contribution in [-0.4, -0.2) is 29.9 Å². The highest BCUT2D eigenvalue weighted by Crippen LogP contribution is 2.33. The lowest BCUT2D eigenvalue weighted by molar-refractivity contribution is 0.483. The van der Waals surface area contributed by atoms with Crippen LogP contribution in [0.15, 0.2) is 55.1 Å². The molecule has 0 amide bonds. The maximum atomic E-state index is 7.22. The summed E-state index contributed by atoms with van der Waals surface area (Å²) in [6.07, 6.45) is 9.23. The number of nitrogens with zero attached hydrogens (tertiary/aromatic N) is 6. The van der Waals surface area contributed by atoms with E-state index < -0.39 is 0 Å². The van der Waals surface area contributed by atoms with Gasteiger partial charge in [0.1, 0.15) is 11.4 Å². The van der Waals surface area contributed by atoms with Crippen molar-refractivity contribution in [3.8, 4) is 22.6 Å². The molecule has 5 rings (SSSR count). The molecule has 1 unspecified atom stereocenters. The Morgan fingerprint density at radius 1 is 1.14 bits per heavy atom. The fourth-order valence-electron chi connectivity index (χ4n) is 4.11. The van der Waals surface area contributed by atoms with E-state index in [2.05, 4.69) is 59.1 Å². The summed E-state index contributed by atoms with van der Waals surface area (Å²) in [5, 5.41) is 10.5. The minimum absolute atomic E-state index is 0.253. The van der Waals surface area contributed by atoms with Gasteiger partial charge < -0.3 is 9.41 Å². The summed E-state index contributed by atoms with van der Waals surface area (Å²) in [6.45, 7) is 8.13. The lowest BCUT2D eigenvalue weighted by Crippen LogP contribution is -2.14. The molecule has 7 nitrogen and oxygen atoms in total. The molecule has 4 aromatic rings. The van der Waals surface area contributed by atoms with Gasteiger partial charge in [-0.3, -0.25) is 4.98 Å². The standard InChI is InChI=1S/C22H19N7/c1-23-22-21(26-28-27-22)16-9-10-24-19(11-16)20-13-29(14-25-20)12-17-7-4-6-15-5-2-3-8-18(15)17/h2-3,5,8-11,13-14,17H,4,6-7,12H2,(H,26,27,28). The number of pyridine rings is 1. The third kappa shape index (κ3) is 3.29. The van der Waals surface area contributed by atoms with Crippen molar-refractivity contribution in [1.82, 2.24) is 29.9 Å². The fourth-order valence-corrected chi connectivity index (χ4v) is 4.11. The lowest BCUT2D eigenvalue weighted by atomic mass is 9.83. The van der Waals surface area contributed by atoms with Crippen LogP contribution in [0, 0.1) is 6.57 Å². The smallest absolute Gasteiger partial charge is 0.323 e.